The second-order valence-electron chi connectivity index (χ2n) is 8.35. The summed E-state index contributed by atoms with van der Waals surface area (Å²) in [7, 11) is 1.81. The molecular formula is C22H28N4O. The van der Waals surface area contributed by atoms with Crippen molar-refractivity contribution in [3.8, 4) is 0 Å². The van der Waals surface area contributed by atoms with Gasteiger partial charge in [0.2, 0.25) is 0 Å². The molecule has 3 rings (SSSR count). The fraction of sp³-hybridized carbons (Fsp3) is 0.409. The summed E-state index contributed by atoms with van der Waals surface area (Å²) in [5, 5.41) is 8.06. The van der Waals surface area contributed by atoms with E-state index in [9.17, 15) is 4.79 Å². The predicted octanol–water partition coefficient (Wildman–Crippen LogP) is 4.42. The van der Waals surface area contributed by atoms with Gasteiger partial charge in [-0.3, -0.25) is 19.5 Å². The van der Waals surface area contributed by atoms with E-state index in [1.165, 1.54) is 0 Å². The zero-order valence-corrected chi connectivity index (χ0v) is 16.6. The van der Waals surface area contributed by atoms with Gasteiger partial charge in [-0.2, -0.15) is 0 Å². The van der Waals surface area contributed by atoms with Crippen LogP contribution in [0, 0.1) is 10.8 Å². The van der Waals surface area contributed by atoms with Gasteiger partial charge in [0.05, 0.1) is 28.5 Å². The molecule has 0 spiro atoms. The molecule has 142 valence electrons. The molecule has 0 saturated carbocycles. The summed E-state index contributed by atoms with van der Waals surface area (Å²) in [6.07, 6.45) is 7.30. The lowest BCUT2D eigenvalue weighted by Gasteiger charge is -2.19. The maximum Gasteiger partial charge on any atom is 0.328 e. The van der Waals surface area contributed by atoms with E-state index in [2.05, 4.69) is 27.4 Å². The van der Waals surface area contributed by atoms with Crippen LogP contribution < -0.4 is 5.69 Å². The van der Waals surface area contributed by atoms with Gasteiger partial charge in [0, 0.05) is 13.6 Å². The molecule has 1 heterocycles. The molecule has 0 fully saturated rings. The van der Waals surface area contributed by atoms with E-state index in [4.69, 9.17) is 10.4 Å². The monoisotopic (exact) mass is 364 g/mol. The van der Waals surface area contributed by atoms with Crippen molar-refractivity contribution in [2.24, 2.45) is 17.5 Å². The van der Waals surface area contributed by atoms with Crippen LogP contribution in [0.4, 0.5) is 0 Å². The zero-order valence-electron chi connectivity index (χ0n) is 16.6. The van der Waals surface area contributed by atoms with E-state index in [1.807, 2.05) is 42.0 Å². The highest BCUT2D eigenvalue weighted by atomic mass is 16.1. The number of aliphatic imine (C=N–C) groups is 1. The van der Waals surface area contributed by atoms with Crippen LogP contribution in [0.1, 0.15) is 45.2 Å². The van der Waals surface area contributed by atoms with Crippen LogP contribution in [0.5, 0.6) is 0 Å². The lowest BCUT2D eigenvalue weighted by atomic mass is 9.97. The minimum atomic E-state index is -0.225. The van der Waals surface area contributed by atoms with Crippen molar-refractivity contribution in [2.75, 3.05) is 0 Å². The van der Waals surface area contributed by atoms with Crippen LogP contribution in [0.15, 0.2) is 52.8 Å². The van der Waals surface area contributed by atoms with Crippen molar-refractivity contribution in [1.82, 2.24) is 9.13 Å². The largest absolute Gasteiger partial charge is 0.328 e. The van der Waals surface area contributed by atoms with Gasteiger partial charge in [-0.1, -0.05) is 39.0 Å². The third-order valence-corrected chi connectivity index (χ3v) is 4.80. The van der Waals surface area contributed by atoms with E-state index in [0.29, 0.717) is 12.3 Å². The molecule has 1 aliphatic rings. The third-order valence-electron chi connectivity index (χ3n) is 4.80. The summed E-state index contributed by atoms with van der Waals surface area (Å²) in [5.41, 5.74) is 4.10. The third kappa shape index (κ3) is 3.87. The summed E-state index contributed by atoms with van der Waals surface area (Å²) in [4.78, 5) is 17.5. The average Bonchev–Trinajstić information content (AvgIpc) is 2.84. The van der Waals surface area contributed by atoms with Crippen LogP contribution in [0.25, 0.3) is 11.0 Å². The van der Waals surface area contributed by atoms with Crippen LogP contribution in [-0.2, 0) is 13.6 Å². The minimum absolute atomic E-state index is 0.00210. The maximum atomic E-state index is 12.7. The van der Waals surface area contributed by atoms with Gasteiger partial charge in [0.1, 0.15) is 0 Å². The Morgan fingerprint density at radius 2 is 2.07 bits per heavy atom. The van der Waals surface area contributed by atoms with E-state index in [-0.39, 0.29) is 17.1 Å². The summed E-state index contributed by atoms with van der Waals surface area (Å²) in [5.74, 6) is 0. The summed E-state index contributed by atoms with van der Waals surface area (Å²) in [6.45, 7) is 11.0. The number of fused-ring (bicyclic) bond motifs is 1. The quantitative estimate of drug-likeness (QED) is 0.802. The number of hydrogen-bond acceptors (Lipinski definition) is 3. The van der Waals surface area contributed by atoms with Gasteiger partial charge in [-0.15, -0.1) is 6.58 Å². The topological polar surface area (TPSA) is 63.1 Å². The Balaban J connectivity index is 2.06. The van der Waals surface area contributed by atoms with Gasteiger partial charge >= 0.3 is 5.69 Å². The standard InChI is InChI=1S/C22H28N4O/c1-6-17(24-18-10-8-7-9-16(18)23)15-11-12-19-20(13-15)25(5)21(27)26(19)14-22(2,3)4/h6-7,9,11-13,17,23H,1,8,10,14H2,2-5H3. The number of aryl methyl sites for hydroxylation is 1. The molecule has 1 atom stereocenters. The first-order chi connectivity index (χ1) is 12.7. The van der Waals surface area contributed by atoms with Gasteiger partial charge in [-0.25, -0.2) is 4.79 Å². The number of nitrogens with zero attached hydrogens (tertiary/aromatic N) is 3. The molecule has 27 heavy (non-hydrogen) atoms. The van der Waals surface area contributed by atoms with Crippen molar-refractivity contribution in [1.29, 1.82) is 5.41 Å². The summed E-state index contributed by atoms with van der Waals surface area (Å²) < 4.78 is 3.54. The van der Waals surface area contributed by atoms with Crippen LogP contribution in [0.2, 0.25) is 0 Å². The smallest absolute Gasteiger partial charge is 0.299 e. The van der Waals surface area contributed by atoms with E-state index in [0.717, 1.165) is 35.2 Å². The number of aromatic nitrogens is 2. The highest BCUT2D eigenvalue weighted by Crippen LogP contribution is 2.26. The van der Waals surface area contributed by atoms with E-state index < -0.39 is 0 Å². The Morgan fingerprint density at radius 1 is 1.33 bits per heavy atom. The fourth-order valence-electron chi connectivity index (χ4n) is 3.45. The van der Waals surface area contributed by atoms with Crippen molar-refractivity contribution in [2.45, 2.75) is 46.2 Å². The van der Waals surface area contributed by atoms with Gasteiger partial charge < -0.3 is 0 Å². The van der Waals surface area contributed by atoms with Crippen molar-refractivity contribution in [3.63, 3.8) is 0 Å². The molecule has 1 aromatic carbocycles. The summed E-state index contributed by atoms with van der Waals surface area (Å²) >= 11 is 0. The Bertz CT molecular complexity index is 1010. The highest BCUT2D eigenvalue weighted by Gasteiger charge is 2.19. The summed E-state index contributed by atoms with van der Waals surface area (Å²) in [6, 6.07) is 5.81. The first-order valence-electron chi connectivity index (χ1n) is 9.35. The van der Waals surface area contributed by atoms with Crippen LogP contribution in [0.3, 0.4) is 0 Å². The minimum Gasteiger partial charge on any atom is -0.299 e. The second kappa shape index (κ2) is 7.14. The fourth-order valence-corrected chi connectivity index (χ4v) is 3.45. The van der Waals surface area contributed by atoms with E-state index >= 15 is 0 Å². The number of imidazole rings is 1. The molecule has 0 saturated heterocycles. The molecule has 5 heteroatoms. The van der Waals surface area contributed by atoms with Crippen molar-refractivity contribution >= 4 is 22.5 Å². The number of nitrogens with one attached hydrogen (secondary N) is 1. The van der Waals surface area contributed by atoms with Gasteiger partial charge in [-0.05, 0) is 42.0 Å². The molecule has 0 bridgehead atoms. The highest BCUT2D eigenvalue weighted by molar-refractivity contribution is 6.45. The average molecular weight is 364 g/mol. The van der Waals surface area contributed by atoms with Crippen LogP contribution in [-0.4, -0.2) is 20.6 Å². The molecule has 1 unspecified atom stereocenters. The number of hydrogen-bond donors (Lipinski definition) is 1. The maximum absolute atomic E-state index is 12.7. The molecule has 0 aliphatic heterocycles. The predicted molar refractivity (Wildman–Crippen MR) is 113 cm³/mol. The first-order valence-corrected chi connectivity index (χ1v) is 9.35. The molecule has 0 radical (unpaired) electrons. The Labute approximate surface area is 160 Å². The van der Waals surface area contributed by atoms with Gasteiger partial charge in [0.15, 0.2) is 0 Å². The second-order valence-corrected chi connectivity index (χ2v) is 8.35. The number of benzene rings is 1. The first kappa shape index (κ1) is 19.1. The lowest BCUT2D eigenvalue weighted by Crippen LogP contribution is -2.27. The molecule has 5 nitrogen and oxygen atoms in total. The van der Waals surface area contributed by atoms with Crippen molar-refractivity contribution < 1.29 is 0 Å². The van der Waals surface area contributed by atoms with Crippen LogP contribution >= 0.6 is 0 Å². The van der Waals surface area contributed by atoms with Gasteiger partial charge in [0.25, 0.3) is 0 Å². The lowest BCUT2D eigenvalue weighted by molar-refractivity contribution is 0.342. The Hall–Kier alpha value is -2.69. The molecule has 0 amide bonds. The SMILES string of the molecule is C=CC(N=C1CCC=CC1=N)c1ccc2c(c1)n(C)c(=O)n2CC(C)(C)C. The Kier molecular flexibility index (Phi) is 5.05. The zero-order chi connectivity index (χ0) is 19.8. The van der Waals surface area contributed by atoms with Crippen molar-refractivity contribution in [3.05, 3.63) is 59.1 Å². The van der Waals surface area contributed by atoms with E-state index in [1.54, 1.807) is 10.6 Å². The number of allylic oxidation sites excluding steroid dienone is 2. The molecule has 2 aromatic rings. The molecule has 1 aliphatic carbocycles. The molecular weight excluding hydrogens is 336 g/mol. The Morgan fingerprint density at radius 3 is 2.70 bits per heavy atom. The molecule has 1 N–H and O–H groups in total. The normalized spacial score (nSPS) is 17.6. The molecule has 1 aromatic heterocycles. The number of rotatable bonds is 4.